The average molecular weight is 358 g/mol. The standard InChI is InChI=1S/C18H18N2O2S2/c1-11-6-4-7-13(10-11)20-12(2)15(17(21)22-3)16(19-18(20)23)14-8-5-9-24-14/h4-10,16H,1-3H3,(H,19,23)/t16-/m0/s1. The minimum atomic E-state index is -0.349. The molecule has 1 aliphatic heterocycles. The molecular weight excluding hydrogens is 340 g/mol. The van der Waals surface area contributed by atoms with Crippen LogP contribution in [0.25, 0.3) is 0 Å². The molecule has 6 heteroatoms. The molecule has 0 amide bonds. The van der Waals surface area contributed by atoms with Crippen LogP contribution in [0.1, 0.15) is 23.4 Å². The highest BCUT2D eigenvalue weighted by molar-refractivity contribution is 7.80. The van der Waals surface area contributed by atoms with Crippen molar-refractivity contribution in [3.05, 3.63) is 63.5 Å². The van der Waals surface area contributed by atoms with E-state index in [1.54, 1.807) is 11.3 Å². The third kappa shape index (κ3) is 2.95. The molecule has 3 rings (SSSR count). The topological polar surface area (TPSA) is 41.6 Å². The summed E-state index contributed by atoms with van der Waals surface area (Å²) < 4.78 is 5.03. The van der Waals surface area contributed by atoms with E-state index in [9.17, 15) is 4.79 Å². The van der Waals surface area contributed by atoms with E-state index in [1.165, 1.54) is 7.11 Å². The molecule has 24 heavy (non-hydrogen) atoms. The second kappa shape index (κ2) is 6.75. The van der Waals surface area contributed by atoms with Gasteiger partial charge in [0.1, 0.15) is 0 Å². The van der Waals surface area contributed by atoms with Crippen molar-refractivity contribution in [3.8, 4) is 0 Å². The molecule has 1 aromatic carbocycles. The number of esters is 1. The van der Waals surface area contributed by atoms with Gasteiger partial charge in [-0.3, -0.25) is 4.90 Å². The molecule has 0 aliphatic carbocycles. The second-order valence-electron chi connectivity index (χ2n) is 5.56. The van der Waals surface area contributed by atoms with Crippen LogP contribution in [0.4, 0.5) is 5.69 Å². The van der Waals surface area contributed by atoms with Gasteiger partial charge in [-0.1, -0.05) is 18.2 Å². The number of benzene rings is 1. The van der Waals surface area contributed by atoms with E-state index < -0.39 is 0 Å². The highest BCUT2D eigenvalue weighted by atomic mass is 32.1. The molecule has 4 nitrogen and oxygen atoms in total. The summed E-state index contributed by atoms with van der Waals surface area (Å²) >= 11 is 7.17. The van der Waals surface area contributed by atoms with E-state index in [1.807, 2.05) is 60.5 Å². The number of methoxy groups -OCH3 is 1. The van der Waals surface area contributed by atoms with Gasteiger partial charge in [-0.25, -0.2) is 4.79 Å². The Morgan fingerprint density at radius 1 is 1.29 bits per heavy atom. The molecule has 2 heterocycles. The van der Waals surface area contributed by atoms with E-state index in [0.29, 0.717) is 10.7 Å². The molecule has 0 unspecified atom stereocenters. The Morgan fingerprint density at radius 2 is 2.08 bits per heavy atom. The van der Waals surface area contributed by atoms with Crippen LogP contribution < -0.4 is 10.2 Å². The Morgan fingerprint density at radius 3 is 2.71 bits per heavy atom. The molecule has 1 N–H and O–H groups in total. The van der Waals surface area contributed by atoms with Crippen LogP contribution in [-0.2, 0) is 9.53 Å². The van der Waals surface area contributed by atoms with Crippen molar-refractivity contribution in [3.63, 3.8) is 0 Å². The maximum atomic E-state index is 12.4. The number of thiocarbonyl (C=S) groups is 1. The Kier molecular flexibility index (Phi) is 4.69. The van der Waals surface area contributed by atoms with Crippen LogP contribution in [0, 0.1) is 6.92 Å². The minimum Gasteiger partial charge on any atom is -0.466 e. The fourth-order valence-corrected chi connectivity index (χ4v) is 4.01. The normalized spacial score (nSPS) is 17.7. The number of ether oxygens (including phenoxy) is 1. The van der Waals surface area contributed by atoms with Crippen molar-refractivity contribution in [2.75, 3.05) is 12.0 Å². The average Bonchev–Trinajstić information content (AvgIpc) is 3.08. The Hall–Kier alpha value is -2.18. The van der Waals surface area contributed by atoms with Gasteiger partial charge < -0.3 is 10.1 Å². The van der Waals surface area contributed by atoms with Crippen LogP contribution in [0.3, 0.4) is 0 Å². The Balaban J connectivity index is 2.14. The van der Waals surface area contributed by atoms with Crippen molar-refractivity contribution >= 4 is 40.3 Å². The number of anilines is 1. The summed E-state index contributed by atoms with van der Waals surface area (Å²) in [7, 11) is 1.40. The maximum absolute atomic E-state index is 12.4. The van der Waals surface area contributed by atoms with E-state index in [2.05, 4.69) is 5.32 Å². The first-order valence-corrected chi connectivity index (χ1v) is 8.81. The maximum Gasteiger partial charge on any atom is 0.338 e. The Bertz CT molecular complexity index is 812. The lowest BCUT2D eigenvalue weighted by Gasteiger charge is -2.37. The summed E-state index contributed by atoms with van der Waals surface area (Å²) in [5.41, 5.74) is 3.42. The van der Waals surface area contributed by atoms with Gasteiger partial charge in [0.15, 0.2) is 5.11 Å². The smallest absolute Gasteiger partial charge is 0.338 e. The lowest BCUT2D eigenvalue weighted by Crippen LogP contribution is -2.47. The summed E-state index contributed by atoms with van der Waals surface area (Å²) in [6, 6.07) is 11.7. The molecular formula is C18H18N2O2S2. The van der Waals surface area contributed by atoms with Crippen molar-refractivity contribution in [1.29, 1.82) is 0 Å². The number of nitrogens with zero attached hydrogens (tertiary/aromatic N) is 1. The van der Waals surface area contributed by atoms with E-state index >= 15 is 0 Å². The minimum absolute atomic E-state index is 0.286. The number of nitrogens with one attached hydrogen (secondary N) is 1. The van der Waals surface area contributed by atoms with Gasteiger partial charge in [0.2, 0.25) is 0 Å². The van der Waals surface area contributed by atoms with Gasteiger partial charge in [0.05, 0.1) is 18.7 Å². The molecule has 1 aromatic heterocycles. The van der Waals surface area contributed by atoms with Crippen LogP contribution in [0.5, 0.6) is 0 Å². The zero-order valence-corrected chi connectivity index (χ0v) is 15.3. The van der Waals surface area contributed by atoms with E-state index in [0.717, 1.165) is 21.8 Å². The fourth-order valence-electron chi connectivity index (χ4n) is 2.86. The summed E-state index contributed by atoms with van der Waals surface area (Å²) in [5.74, 6) is -0.349. The molecule has 0 saturated heterocycles. The summed E-state index contributed by atoms with van der Waals surface area (Å²) in [6.07, 6.45) is 0. The molecule has 2 aromatic rings. The SMILES string of the molecule is COC(=O)C1=C(C)N(c2cccc(C)c2)C(=S)N[C@H]1c1cccs1. The predicted octanol–water partition coefficient (Wildman–Crippen LogP) is 3.94. The summed E-state index contributed by atoms with van der Waals surface area (Å²) in [5, 5.41) is 5.85. The van der Waals surface area contributed by atoms with Gasteiger partial charge in [0, 0.05) is 16.3 Å². The first-order valence-electron chi connectivity index (χ1n) is 7.52. The highest BCUT2D eigenvalue weighted by Gasteiger charge is 2.35. The molecule has 0 radical (unpaired) electrons. The largest absolute Gasteiger partial charge is 0.466 e. The van der Waals surface area contributed by atoms with Crippen molar-refractivity contribution < 1.29 is 9.53 Å². The fraction of sp³-hybridized carbons (Fsp3) is 0.222. The number of allylic oxidation sites excluding steroid dienone is 1. The molecule has 0 fully saturated rings. The number of hydrogen-bond acceptors (Lipinski definition) is 4. The van der Waals surface area contributed by atoms with Gasteiger partial charge in [-0.05, 0) is 55.2 Å². The molecule has 124 valence electrons. The number of carbonyl (C=O) groups excluding carboxylic acids is 1. The molecule has 0 spiro atoms. The van der Waals surface area contributed by atoms with Crippen LogP contribution in [0.15, 0.2) is 53.0 Å². The van der Waals surface area contributed by atoms with Gasteiger partial charge >= 0.3 is 5.97 Å². The molecule has 1 atom stereocenters. The predicted molar refractivity (Wildman–Crippen MR) is 101 cm³/mol. The highest BCUT2D eigenvalue weighted by Crippen LogP contribution is 2.35. The number of thiophene rings is 1. The molecule has 0 saturated carbocycles. The van der Waals surface area contributed by atoms with Crippen molar-refractivity contribution in [2.24, 2.45) is 0 Å². The van der Waals surface area contributed by atoms with E-state index in [4.69, 9.17) is 17.0 Å². The first kappa shape index (κ1) is 16.7. The zero-order valence-electron chi connectivity index (χ0n) is 13.7. The monoisotopic (exact) mass is 358 g/mol. The van der Waals surface area contributed by atoms with Crippen LogP contribution in [0.2, 0.25) is 0 Å². The second-order valence-corrected chi connectivity index (χ2v) is 6.93. The Labute approximate surface area is 150 Å². The lowest BCUT2D eigenvalue weighted by atomic mass is 10.00. The van der Waals surface area contributed by atoms with Gasteiger partial charge in [0.25, 0.3) is 0 Å². The molecule has 0 bridgehead atoms. The third-order valence-electron chi connectivity index (χ3n) is 3.98. The van der Waals surface area contributed by atoms with Crippen LogP contribution in [-0.4, -0.2) is 18.2 Å². The number of carbonyl (C=O) groups is 1. The van der Waals surface area contributed by atoms with Crippen molar-refractivity contribution in [2.45, 2.75) is 19.9 Å². The number of aryl methyl sites for hydroxylation is 1. The summed E-state index contributed by atoms with van der Waals surface area (Å²) in [4.78, 5) is 15.4. The zero-order chi connectivity index (χ0) is 17.3. The van der Waals surface area contributed by atoms with Crippen molar-refractivity contribution in [1.82, 2.24) is 5.32 Å². The molecule has 1 aliphatic rings. The number of hydrogen-bond donors (Lipinski definition) is 1. The number of rotatable bonds is 3. The van der Waals surface area contributed by atoms with Gasteiger partial charge in [-0.2, -0.15) is 0 Å². The first-order chi connectivity index (χ1) is 11.5. The lowest BCUT2D eigenvalue weighted by molar-refractivity contribution is -0.136. The van der Waals surface area contributed by atoms with E-state index in [-0.39, 0.29) is 12.0 Å². The van der Waals surface area contributed by atoms with Gasteiger partial charge in [-0.15, -0.1) is 11.3 Å². The quantitative estimate of drug-likeness (QED) is 0.665. The van der Waals surface area contributed by atoms with Crippen LogP contribution >= 0.6 is 23.6 Å². The summed E-state index contributed by atoms with van der Waals surface area (Å²) in [6.45, 7) is 3.93. The third-order valence-corrected chi connectivity index (χ3v) is 5.22.